The lowest BCUT2D eigenvalue weighted by Crippen LogP contribution is -2.56. The Morgan fingerprint density at radius 3 is 2.08 bits per heavy atom. The van der Waals surface area contributed by atoms with Crippen molar-refractivity contribution in [2.24, 2.45) is 5.73 Å². The van der Waals surface area contributed by atoms with E-state index in [0.29, 0.717) is 25.4 Å². The summed E-state index contributed by atoms with van der Waals surface area (Å²) in [4.78, 5) is 137. The number of carbonyl (C=O) groups is 10. The summed E-state index contributed by atoms with van der Waals surface area (Å²) in [5, 5.41) is 51.9. The molecular weight excluding hydrogens is 1370 g/mol. The molecule has 4 aromatic rings. The number of anilines is 1. The number of primary amides is 1. The number of carbonyl (C=O) groups excluding carboxylic acids is 10. The fourth-order valence-electron chi connectivity index (χ4n) is 13.5. The van der Waals surface area contributed by atoms with Crippen LogP contribution in [0.3, 0.4) is 0 Å². The van der Waals surface area contributed by atoms with Gasteiger partial charge in [0.15, 0.2) is 24.6 Å². The number of benzene rings is 4. The summed E-state index contributed by atoms with van der Waals surface area (Å²) in [6.45, 7) is 6.87. The molecule has 6 aliphatic rings. The van der Waals surface area contributed by atoms with Gasteiger partial charge in [-0.15, -0.1) is 0 Å². The lowest BCUT2D eigenvalue weighted by atomic mass is 9.72. The molecule has 32 heteroatoms. The van der Waals surface area contributed by atoms with Gasteiger partial charge in [-0.1, -0.05) is 54.3 Å². The Kier molecular flexibility index (Phi) is 26.8. The second-order valence-corrected chi connectivity index (χ2v) is 25.9. The zero-order valence-electron chi connectivity index (χ0n) is 59.0. The maximum Gasteiger partial charge on any atom is 0.252 e. The van der Waals surface area contributed by atoms with E-state index in [1.807, 2.05) is 48.5 Å². The molecule has 564 valence electrons. The number of fused-ring (bicyclic) bond motifs is 8. The van der Waals surface area contributed by atoms with E-state index >= 15 is 0 Å². The zero-order valence-corrected chi connectivity index (χ0v) is 59.0. The number of rotatable bonds is 34. The molecule has 0 radical (unpaired) electrons. The highest BCUT2D eigenvalue weighted by molar-refractivity contribution is 6.31. The third kappa shape index (κ3) is 18.8. The number of aliphatic hydroxyl groups is 1. The van der Waals surface area contributed by atoms with E-state index in [0.717, 1.165) is 16.7 Å². The van der Waals surface area contributed by atoms with E-state index in [2.05, 4.69) is 48.6 Å². The summed E-state index contributed by atoms with van der Waals surface area (Å²) in [7, 11) is 2.80. The van der Waals surface area contributed by atoms with Crippen molar-refractivity contribution in [2.75, 3.05) is 105 Å². The standard InChI is InChI=1S/C73H89N9O23/c1-40(78-55(85)21-26-98-29-31-100-33-34-101-32-30-99-27-24-75-54(84)19-20-56(86)82-39-45-13-7-6-11-43(45)17-18-44-12-8-9-15-49(44)82)67(91)79-41(2)68(92)80-48(35-53(74)83)69(93)76-22-23-77-72(94)73(95)37-47-59(65(90)61-60(63(47)88)62(87)46-14-10-16-51(96-4)58(46)64(61)89)52(38-73)104-57-36-50-66(42(3)103-57)105-70-71(97-5)102-28-25-81(50)70/h6-16,40-42,48,50,52,57,66,70-71,88,90,95H,19-39H2,1-5H3,(H2,74,83)(H,75,84)(H,76,93)(H,77,94)(H,78,85)(H,79,91)(H,80,92). The van der Waals surface area contributed by atoms with Gasteiger partial charge >= 0.3 is 0 Å². The summed E-state index contributed by atoms with van der Waals surface area (Å²) < 4.78 is 58.1. The molecule has 11 unspecified atom stereocenters. The van der Waals surface area contributed by atoms with Crippen LogP contribution >= 0.6 is 0 Å². The molecule has 3 saturated heterocycles. The first-order valence-electron chi connectivity index (χ1n) is 34.8. The van der Waals surface area contributed by atoms with Crippen molar-refractivity contribution >= 4 is 64.5 Å². The fourth-order valence-corrected chi connectivity index (χ4v) is 13.5. The largest absolute Gasteiger partial charge is 0.507 e. The Labute approximate surface area is 605 Å². The number of phenolic OH excluding ortho intramolecular Hbond substituents is 2. The van der Waals surface area contributed by atoms with Crippen LogP contribution in [0.4, 0.5) is 5.69 Å². The Morgan fingerprint density at radius 1 is 0.695 bits per heavy atom. The van der Waals surface area contributed by atoms with Gasteiger partial charge in [-0.2, -0.15) is 0 Å². The van der Waals surface area contributed by atoms with E-state index in [-0.39, 0.29) is 144 Å². The van der Waals surface area contributed by atoms with Crippen LogP contribution in [0.15, 0.2) is 66.7 Å². The molecule has 3 fully saturated rings. The smallest absolute Gasteiger partial charge is 0.252 e. The topological polar surface area (TPSA) is 428 Å². The Hall–Kier alpha value is -9.50. The van der Waals surface area contributed by atoms with Crippen LogP contribution in [-0.2, 0) is 94.0 Å². The Morgan fingerprint density at radius 2 is 1.35 bits per heavy atom. The fraction of sp³-hybridized carbons (Fsp3) is 0.507. The number of amides is 8. The highest BCUT2D eigenvalue weighted by Crippen LogP contribution is 2.53. The minimum absolute atomic E-state index is 0.000579. The number of para-hydroxylation sites is 1. The number of phenols is 2. The summed E-state index contributed by atoms with van der Waals surface area (Å²) in [6.07, 6.45) is -6.78. The monoisotopic (exact) mass is 1460 g/mol. The van der Waals surface area contributed by atoms with Crippen molar-refractivity contribution < 1.29 is 111 Å². The molecule has 11 N–H and O–H groups in total. The Balaban J connectivity index is 0.608. The number of methoxy groups -OCH3 is 2. The predicted molar refractivity (Wildman–Crippen MR) is 369 cm³/mol. The highest BCUT2D eigenvalue weighted by atomic mass is 16.7. The maximum absolute atomic E-state index is 14.3. The normalized spacial score (nSPS) is 22.1. The number of nitrogens with one attached hydrogen (secondary N) is 6. The SMILES string of the molecule is COc1cccc2c1C(=O)c1c(O)c3c(c(O)c1C2=O)CC(O)(C(=O)NCCNC(=O)C(CC(N)=O)NC(=O)C(C)NC(=O)C(C)NC(=O)CCOCCOCCOCCOCCNC(=O)CCC(=O)N1Cc2ccccc2C#Cc2ccccc21)CC3OC1CC2C(OC3C(OC)OCCN23)C(C)O1. The maximum atomic E-state index is 14.3. The Bertz CT molecular complexity index is 3980. The molecule has 0 bridgehead atoms. The quantitative estimate of drug-likeness (QED) is 0.0148. The van der Waals surface area contributed by atoms with E-state index in [1.165, 1.54) is 46.3 Å². The van der Waals surface area contributed by atoms with Crippen LogP contribution in [0.2, 0.25) is 0 Å². The van der Waals surface area contributed by atoms with Gasteiger partial charge in [-0.3, -0.25) is 52.8 Å². The number of nitrogens with two attached hydrogens (primary N) is 1. The molecule has 10 rings (SSSR count). The molecule has 0 spiro atoms. The van der Waals surface area contributed by atoms with Gasteiger partial charge in [0, 0.05) is 106 Å². The van der Waals surface area contributed by atoms with E-state index in [4.69, 9.17) is 53.1 Å². The minimum atomic E-state index is -2.47. The zero-order chi connectivity index (χ0) is 75.1. The van der Waals surface area contributed by atoms with Crippen LogP contribution in [0.5, 0.6) is 17.2 Å². The van der Waals surface area contributed by atoms with E-state index < -0.39 is 150 Å². The van der Waals surface area contributed by atoms with Gasteiger partial charge in [0.2, 0.25) is 47.1 Å². The van der Waals surface area contributed by atoms with Crippen molar-refractivity contribution in [3.05, 3.63) is 117 Å². The van der Waals surface area contributed by atoms with Crippen LogP contribution in [0, 0.1) is 11.8 Å². The second-order valence-electron chi connectivity index (χ2n) is 25.9. The molecule has 4 aliphatic heterocycles. The molecule has 4 aromatic carbocycles. The first-order valence-corrected chi connectivity index (χ1v) is 34.8. The van der Waals surface area contributed by atoms with Crippen molar-refractivity contribution in [1.29, 1.82) is 0 Å². The lowest BCUT2D eigenvalue weighted by Gasteiger charge is -2.43. The molecule has 105 heavy (non-hydrogen) atoms. The lowest BCUT2D eigenvalue weighted by molar-refractivity contribution is -0.256. The van der Waals surface area contributed by atoms with Crippen molar-refractivity contribution in [3.8, 4) is 29.1 Å². The summed E-state index contributed by atoms with van der Waals surface area (Å²) in [6, 6.07) is 15.1. The number of nitrogens with zero attached hydrogens (tertiary/aromatic N) is 2. The van der Waals surface area contributed by atoms with Crippen LogP contribution in [0.1, 0.15) is 125 Å². The van der Waals surface area contributed by atoms with Gasteiger partial charge in [0.1, 0.15) is 47.1 Å². The second kappa shape index (κ2) is 36.0. The summed E-state index contributed by atoms with van der Waals surface area (Å²) >= 11 is 0. The van der Waals surface area contributed by atoms with Gasteiger partial charge in [-0.25, -0.2) is 0 Å². The van der Waals surface area contributed by atoms with Crippen LogP contribution < -0.4 is 47.3 Å². The number of aromatic hydroxyl groups is 2. The molecule has 4 heterocycles. The number of hydrogen-bond donors (Lipinski definition) is 10. The third-order valence-corrected chi connectivity index (χ3v) is 18.8. The van der Waals surface area contributed by atoms with Gasteiger partial charge in [0.25, 0.3) is 5.91 Å². The molecule has 0 saturated carbocycles. The molecule has 8 amide bonds. The van der Waals surface area contributed by atoms with Gasteiger partial charge in [-0.05, 0) is 50.6 Å². The number of ether oxygens (including phenoxy) is 10. The van der Waals surface area contributed by atoms with Gasteiger partial charge < -0.3 is 105 Å². The molecule has 32 nitrogen and oxygen atoms in total. The highest BCUT2D eigenvalue weighted by Gasteiger charge is 2.55. The summed E-state index contributed by atoms with van der Waals surface area (Å²) in [5.74, 6) is -2.38. The average molecular weight is 1460 g/mol. The number of hydrogen-bond acceptors (Lipinski definition) is 24. The van der Waals surface area contributed by atoms with Gasteiger partial charge in [0.05, 0.1) is 114 Å². The van der Waals surface area contributed by atoms with E-state index in [9.17, 15) is 63.3 Å². The van der Waals surface area contributed by atoms with Crippen LogP contribution in [-0.4, -0.2) is 240 Å². The summed E-state index contributed by atoms with van der Waals surface area (Å²) in [5.41, 5.74) is 4.40. The molecule has 11 atom stereocenters. The molecular formula is C73H89N9O23. The van der Waals surface area contributed by atoms with Crippen LogP contribution in [0.25, 0.3) is 0 Å². The first-order chi connectivity index (χ1) is 50.5. The molecule has 2 aliphatic carbocycles. The van der Waals surface area contributed by atoms with Crippen molar-refractivity contribution in [1.82, 2.24) is 36.8 Å². The molecule has 0 aromatic heterocycles. The predicted octanol–water partition coefficient (Wildman–Crippen LogP) is 0.0514. The van der Waals surface area contributed by atoms with E-state index in [1.54, 1.807) is 11.8 Å². The minimum Gasteiger partial charge on any atom is -0.507 e. The first kappa shape index (κ1) is 78.1. The van der Waals surface area contributed by atoms with Crippen molar-refractivity contribution in [3.63, 3.8) is 0 Å². The average Bonchev–Trinajstić information content (AvgIpc) is 1.11. The third-order valence-electron chi connectivity index (χ3n) is 18.8. The number of morpholine rings is 1. The number of ketones is 2. The van der Waals surface area contributed by atoms with Crippen molar-refractivity contribution in [2.45, 2.75) is 139 Å².